The maximum absolute atomic E-state index is 12.0. The number of urea groups is 1. The highest BCUT2D eigenvalue weighted by Gasteiger charge is 2.27. The Bertz CT molecular complexity index is 291. The summed E-state index contributed by atoms with van der Waals surface area (Å²) >= 11 is 1.83. The highest BCUT2D eigenvalue weighted by molar-refractivity contribution is 7.99. The Morgan fingerprint density at radius 3 is 2.72 bits per heavy atom. The van der Waals surface area contributed by atoms with Gasteiger partial charge in [-0.05, 0) is 18.1 Å². The summed E-state index contributed by atoms with van der Waals surface area (Å²) in [6.07, 6.45) is 1.70. The molecule has 1 fully saturated rings. The second kappa shape index (κ2) is 7.51. The molecule has 0 spiro atoms. The van der Waals surface area contributed by atoms with E-state index in [1.807, 2.05) is 25.6 Å². The molecule has 2 atom stereocenters. The Morgan fingerprint density at radius 1 is 1.39 bits per heavy atom. The second-order valence-electron chi connectivity index (χ2n) is 4.60. The van der Waals surface area contributed by atoms with E-state index in [-0.39, 0.29) is 11.9 Å². The molecular formula is C12H22N2O3S. The van der Waals surface area contributed by atoms with E-state index in [0.717, 1.165) is 24.3 Å². The fourth-order valence-corrected chi connectivity index (χ4v) is 2.74. The molecule has 1 rings (SSSR count). The first-order valence-corrected chi connectivity index (χ1v) is 7.57. The van der Waals surface area contributed by atoms with Crippen molar-refractivity contribution in [2.75, 3.05) is 24.6 Å². The molecule has 5 nitrogen and oxygen atoms in total. The van der Waals surface area contributed by atoms with Crippen molar-refractivity contribution in [1.29, 1.82) is 0 Å². The molecule has 0 saturated carbocycles. The van der Waals surface area contributed by atoms with Crippen LogP contribution >= 0.6 is 11.8 Å². The molecule has 1 heterocycles. The van der Waals surface area contributed by atoms with Crippen molar-refractivity contribution in [2.24, 2.45) is 5.92 Å². The number of thioether (sulfide) groups is 1. The standard InChI is InChI=1S/C12H22N2O3S/c1-3-9(2)10(11(15)16)13-12(17)14-5-4-7-18-8-6-14/h9-10H,3-8H2,1-2H3,(H,13,17)(H,15,16)/t9?,10-/m0/s1. The summed E-state index contributed by atoms with van der Waals surface area (Å²) in [7, 11) is 0. The topological polar surface area (TPSA) is 69.6 Å². The highest BCUT2D eigenvalue weighted by Crippen LogP contribution is 2.12. The molecule has 18 heavy (non-hydrogen) atoms. The Labute approximate surface area is 112 Å². The van der Waals surface area contributed by atoms with Gasteiger partial charge < -0.3 is 15.3 Å². The Hall–Kier alpha value is -0.910. The third-order valence-electron chi connectivity index (χ3n) is 3.27. The van der Waals surface area contributed by atoms with Gasteiger partial charge in [0.1, 0.15) is 6.04 Å². The molecule has 0 aromatic carbocycles. The van der Waals surface area contributed by atoms with Crippen LogP contribution in [-0.2, 0) is 4.79 Å². The number of carboxylic acid groups (broad SMARTS) is 1. The lowest BCUT2D eigenvalue weighted by atomic mass is 9.99. The maximum Gasteiger partial charge on any atom is 0.326 e. The number of amides is 2. The van der Waals surface area contributed by atoms with Gasteiger partial charge in [-0.2, -0.15) is 11.8 Å². The molecule has 1 saturated heterocycles. The average molecular weight is 274 g/mol. The van der Waals surface area contributed by atoms with Crippen LogP contribution in [-0.4, -0.2) is 52.6 Å². The maximum atomic E-state index is 12.0. The minimum absolute atomic E-state index is 0.0622. The van der Waals surface area contributed by atoms with Crippen molar-refractivity contribution >= 4 is 23.8 Å². The van der Waals surface area contributed by atoms with Gasteiger partial charge in [-0.3, -0.25) is 0 Å². The number of aliphatic carboxylic acids is 1. The monoisotopic (exact) mass is 274 g/mol. The van der Waals surface area contributed by atoms with Gasteiger partial charge in [-0.1, -0.05) is 20.3 Å². The lowest BCUT2D eigenvalue weighted by molar-refractivity contribution is -0.140. The molecule has 0 bridgehead atoms. The number of hydrogen-bond acceptors (Lipinski definition) is 3. The first-order chi connectivity index (χ1) is 8.56. The van der Waals surface area contributed by atoms with Crippen molar-refractivity contribution in [1.82, 2.24) is 10.2 Å². The van der Waals surface area contributed by atoms with E-state index in [2.05, 4.69) is 5.32 Å². The quantitative estimate of drug-likeness (QED) is 0.817. The predicted octanol–water partition coefficient (Wildman–Crippen LogP) is 1.63. The summed E-state index contributed by atoms with van der Waals surface area (Å²) in [5, 5.41) is 11.8. The van der Waals surface area contributed by atoms with Crippen LogP contribution in [0, 0.1) is 5.92 Å². The fraction of sp³-hybridized carbons (Fsp3) is 0.833. The van der Waals surface area contributed by atoms with Crippen molar-refractivity contribution < 1.29 is 14.7 Å². The SMILES string of the molecule is CCC(C)[C@H](NC(=O)N1CCCSCC1)C(=O)O. The van der Waals surface area contributed by atoms with E-state index < -0.39 is 12.0 Å². The zero-order valence-corrected chi connectivity index (χ0v) is 11.8. The van der Waals surface area contributed by atoms with Gasteiger partial charge >= 0.3 is 12.0 Å². The molecule has 0 aromatic heterocycles. The van der Waals surface area contributed by atoms with Crippen molar-refractivity contribution in [3.63, 3.8) is 0 Å². The first-order valence-electron chi connectivity index (χ1n) is 6.42. The summed E-state index contributed by atoms with van der Waals surface area (Å²) in [5.74, 6) is 0.973. The van der Waals surface area contributed by atoms with E-state index in [9.17, 15) is 9.59 Å². The van der Waals surface area contributed by atoms with Crippen molar-refractivity contribution in [2.45, 2.75) is 32.7 Å². The molecule has 1 unspecified atom stereocenters. The normalized spacial score (nSPS) is 19.8. The smallest absolute Gasteiger partial charge is 0.326 e. The van der Waals surface area contributed by atoms with Crippen LogP contribution in [0.1, 0.15) is 26.7 Å². The van der Waals surface area contributed by atoms with Crippen LogP contribution in [0.3, 0.4) is 0 Å². The van der Waals surface area contributed by atoms with Gasteiger partial charge in [-0.25, -0.2) is 9.59 Å². The van der Waals surface area contributed by atoms with Gasteiger partial charge in [-0.15, -0.1) is 0 Å². The predicted molar refractivity (Wildman–Crippen MR) is 72.9 cm³/mol. The van der Waals surface area contributed by atoms with Crippen LogP contribution in [0.25, 0.3) is 0 Å². The Morgan fingerprint density at radius 2 is 2.11 bits per heavy atom. The summed E-state index contributed by atoms with van der Waals surface area (Å²) < 4.78 is 0. The van der Waals surface area contributed by atoms with E-state index in [4.69, 9.17) is 5.11 Å². The van der Waals surface area contributed by atoms with Gasteiger partial charge in [0.05, 0.1) is 0 Å². The van der Waals surface area contributed by atoms with E-state index in [0.29, 0.717) is 13.1 Å². The zero-order chi connectivity index (χ0) is 13.5. The molecular weight excluding hydrogens is 252 g/mol. The molecule has 0 aliphatic carbocycles. The number of carbonyl (C=O) groups is 2. The third-order valence-corrected chi connectivity index (χ3v) is 4.32. The fourth-order valence-electron chi connectivity index (χ4n) is 1.86. The van der Waals surface area contributed by atoms with Crippen molar-refractivity contribution in [3.05, 3.63) is 0 Å². The number of carbonyl (C=O) groups excluding carboxylic acids is 1. The highest BCUT2D eigenvalue weighted by atomic mass is 32.2. The largest absolute Gasteiger partial charge is 0.480 e. The summed E-state index contributed by atoms with van der Waals surface area (Å²) in [6, 6.07) is -1.04. The minimum Gasteiger partial charge on any atom is -0.480 e. The van der Waals surface area contributed by atoms with Gasteiger partial charge in [0, 0.05) is 18.8 Å². The van der Waals surface area contributed by atoms with Gasteiger partial charge in [0.15, 0.2) is 0 Å². The molecule has 0 radical (unpaired) electrons. The summed E-state index contributed by atoms with van der Waals surface area (Å²) in [5.41, 5.74) is 0. The Balaban J connectivity index is 2.56. The van der Waals surface area contributed by atoms with Crippen LogP contribution in [0.5, 0.6) is 0 Å². The molecule has 1 aliphatic rings. The minimum atomic E-state index is -0.957. The lowest BCUT2D eigenvalue weighted by Gasteiger charge is -2.25. The number of carboxylic acids is 1. The number of hydrogen-bond donors (Lipinski definition) is 2. The molecule has 2 amide bonds. The number of nitrogens with zero attached hydrogens (tertiary/aromatic N) is 1. The zero-order valence-electron chi connectivity index (χ0n) is 11.0. The van der Waals surface area contributed by atoms with Crippen molar-refractivity contribution in [3.8, 4) is 0 Å². The molecule has 104 valence electrons. The molecule has 0 aromatic rings. The van der Waals surface area contributed by atoms with E-state index in [1.54, 1.807) is 4.90 Å². The summed E-state index contributed by atoms with van der Waals surface area (Å²) in [4.78, 5) is 24.9. The average Bonchev–Trinajstić information content (AvgIpc) is 2.63. The Kier molecular flexibility index (Phi) is 6.32. The first kappa shape index (κ1) is 15.1. The van der Waals surface area contributed by atoms with Crippen LogP contribution in [0.15, 0.2) is 0 Å². The third kappa shape index (κ3) is 4.40. The van der Waals surface area contributed by atoms with Crippen LogP contribution in [0.4, 0.5) is 4.79 Å². The molecule has 2 N–H and O–H groups in total. The second-order valence-corrected chi connectivity index (χ2v) is 5.83. The van der Waals surface area contributed by atoms with E-state index >= 15 is 0 Å². The van der Waals surface area contributed by atoms with Crippen LogP contribution < -0.4 is 5.32 Å². The number of rotatable bonds is 4. The van der Waals surface area contributed by atoms with Crippen LogP contribution in [0.2, 0.25) is 0 Å². The summed E-state index contributed by atoms with van der Waals surface area (Å²) in [6.45, 7) is 5.18. The van der Waals surface area contributed by atoms with Gasteiger partial charge in [0.25, 0.3) is 0 Å². The van der Waals surface area contributed by atoms with E-state index in [1.165, 1.54) is 0 Å². The van der Waals surface area contributed by atoms with Gasteiger partial charge in [0.2, 0.25) is 0 Å². The molecule has 6 heteroatoms. The molecule has 1 aliphatic heterocycles. The number of nitrogens with one attached hydrogen (secondary N) is 1. The lowest BCUT2D eigenvalue weighted by Crippen LogP contribution is -2.51.